The second-order valence-electron chi connectivity index (χ2n) is 7.11. The molecule has 0 radical (unpaired) electrons. The van der Waals surface area contributed by atoms with Gasteiger partial charge in [-0.25, -0.2) is 0 Å². The van der Waals surface area contributed by atoms with Gasteiger partial charge in [0.2, 0.25) is 0 Å². The van der Waals surface area contributed by atoms with E-state index in [4.69, 9.17) is 4.74 Å². The van der Waals surface area contributed by atoms with Gasteiger partial charge in [-0.05, 0) is 46.2 Å². The van der Waals surface area contributed by atoms with E-state index in [0.29, 0.717) is 0 Å². The number of piperazine rings is 1. The van der Waals surface area contributed by atoms with E-state index < -0.39 is 0 Å². The van der Waals surface area contributed by atoms with Crippen molar-refractivity contribution in [3.63, 3.8) is 0 Å². The van der Waals surface area contributed by atoms with Gasteiger partial charge in [0.15, 0.2) is 5.96 Å². The fourth-order valence-corrected chi connectivity index (χ4v) is 3.21. The average molecular weight is 326 g/mol. The number of hydrogen-bond donors (Lipinski definition) is 2. The molecule has 0 aliphatic carbocycles. The smallest absolute Gasteiger partial charge is 0.191 e. The summed E-state index contributed by atoms with van der Waals surface area (Å²) in [5.41, 5.74) is -0.0287. The number of nitrogens with zero attached hydrogens (tertiary/aromatic N) is 3. The highest BCUT2D eigenvalue weighted by Crippen LogP contribution is 2.23. The van der Waals surface area contributed by atoms with Crippen molar-refractivity contribution in [2.24, 2.45) is 4.99 Å². The van der Waals surface area contributed by atoms with Crippen LogP contribution in [0.3, 0.4) is 0 Å². The lowest BCUT2D eigenvalue weighted by molar-refractivity contribution is 0.0243. The van der Waals surface area contributed by atoms with Crippen LogP contribution in [0.5, 0.6) is 0 Å². The molecule has 1 atom stereocenters. The number of guanidine groups is 1. The Morgan fingerprint density at radius 3 is 2.61 bits per heavy atom. The zero-order valence-corrected chi connectivity index (χ0v) is 15.2. The lowest BCUT2D eigenvalue weighted by Gasteiger charge is -2.32. The summed E-state index contributed by atoms with van der Waals surface area (Å²) in [7, 11) is 4.04. The first-order valence-corrected chi connectivity index (χ1v) is 9.11. The van der Waals surface area contributed by atoms with Gasteiger partial charge < -0.3 is 25.2 Å². The molecule has 2 N–H and O–H groups in total. The molecule has 0 bridgehead atoms. The van der Waals surface area contributed by atoms with E-state index in [9.17, 15) is 0 Å². The van der Waals surface area contributed by atoms with Crippen LogP contribution >= 0.6 is 0 Å². The molecule has 2 saturated heterocycles. The van der Waals surface area contributed by atoms with E-state index in [0.717, 1.165) is 38.5 Å². The summed E-state index contributed by atoms with van der Waals surface area (Å²) in [6.07, 6.45) is 4.72. The van der Waals surface area contributed by atoms with Crippen molar-refractivity contribution >= 4 is 5.96 Å². The van der Waals surface area contributed by atoms with E-state index in [1.807, 2.05) is 7.05 Å². The normalized spacial score (nSPS) is 27.3. The number of ether oxygens (including phenoxy) is 1. The minimum absolute atomic E-state index is 0.0287. The molecule has 2 rings (SSSR count). The van der Waals surface area contributed by atoms with Crippen molar-refractivity contribution in [1.82, 2.24) is 20.4 Å². The third-order valence-electron chi connectivity index (χ3n) is 4.94. The maximum atomic E-state index is 5.80. The number of aliphatic imine (C=N–C) groups is 1. The van der Waals surface area contributed by atoms with Crippen LogP contribution in [0.2, 0.25) is 0 Å². The number of likely N-dealkylation sites (N-methyl/N-ethyl adjacent to an activating group) is 1. The highest BCUT2D eigenvalue weighted by molar-refractivity contribution is 5.79. The summed E-state index contributed by atoms with van der Waals surface area (Å²) in [6.45, 7) is 10.9. The summed E-state index contributed by atoms with van der Waals surface area (Å²) >= 11 is 0. The molecular weight excluding hydrogens is 290 g/mol. The molecule has 0 aromatic rings. The topological polar surface area (TPSA) is 52.1 Å². The van der Waals surface area contributed by atoms with Gasteiger partial charge in [0, 0.05) is 52.9 Å². The molecule has 2 aliphatic heterocycles. The fraction of sp³-hybridized carbons (Fsp3) is 0.941. The summed E-state index contributed by atoms with van der Waals surface area (Å²) in [6, 6.07) is 0. The van der Waals surface area contributed by atoms with Gasteiger partial charge in [-0.15, -0.1) is 0 Å². The van der Waals surface area contributed by atoms with E-state index in [1.165, 1.54) is 45.6 Å². The zero-order valence-electron chi connectivity index (χ0n) is 15.2. The summed E-state index contributed by atoms with van der Waals surface area (Å²) < 4.78 is 5.80. The number of hydrogen-bond acceptors (Lipinski definition) is 4. The third-order valence-corrected chi connectivity index (χ3v) is 4.94. The maximum absolute atomic E-state index is 5.80. The summed E-state index contributed by atoms with van der Waals surface area (Å²) in [4.78, 5) is 9.28. The van der Waals surface area contributed by atoms with E-state index in [1.54, 1.807) is 0 Å². The standard InChI is InChI=1S/C17H35N5O/c1-17(7-6-14-23-17)15-20-16(18-2)19-8-4-5-9-22-12-10-21(3)11-13-22/h4-15H2,1-3H3,(H2,18,19,20). The molecule has 0 aromatic carbocycles. The Morgan fingerprint density at radius 2 is 1.96 bits per heavy atom. The Labute approximate surface area is 141 Å². The lowest BCUT2D eigenvalue weighted by atomic mass is 10.0. The van der Waals surface area contributed by atoms with Crippen molar-refractivity contribution < 1.29 is 4.74 Å². The van der Waals surface area contributed by atoms with Crippen molar-refractivity contribution in [1.29, 1.82) is 0 Å². The van der Waals surface area contributed by atoms with Crippen molar-refractivity contribution in [2.45, 2.75) is 38.2 Å². The van der Waals surface area contributed by atoms with Crippen LogP contribution in [-0.2, 0) is 4.74 Å². The van der Waals surface area contributed by atoms with E-state index in [2.05, 4.69) is 39.4 Å². The van der Waals surface area contributed by atoms with Crippen LogP contribution in [0.1, 0.15) is 32.6 Å². The van der Waals surface area contributed by atoms with Gasteiger partial charge in [-0.1, -0.05) is 0 Å². The zero-order chi connectivity index (χ0) is 16.5. The first kappa shape index (κ1) is 18.5. The highest BCUT2D eigenvalue weighted by Gasteiger charge is 2.29. The predicted molar refractivity (Wildman–Crippen MR) is 96.1 cm³/mol. The fourth-order valence-electron chi connectivity index (χ4n) is 3.21. The molecular formula is C17H35N5O. The molecule has 6 heteroatoms. The van der Waals surface area contributed by atoms with E-state index >= 15 is 0 Å². The van der Waals surface area contributed by atoms with Crippen LogP contribution < -0.4 is 10.6 Å². The quantitative estimate of drug-likeness (QED) is 0.411. The maximum Gasteiger partial charge on any atom is 0.191 e. The van der Waals surface area contributed by atoms with Crippen molar-refractivity contribution in [3.05, 3.63) is 0 Å². The number of unbranched alkanes of at least 4 members (excludes halogenated alkanes) is 1. The Hall–Kier alpha value is -0.850. The second kappa shape index (κ2) is 9.45. The van der Waals surface area contributed by atoms with Gasteiger partial charge in [-0.3, -0.25) is 4.99 Å². The third kappa shape index (κ3) is 6.65. The Bertz CT molecular complexity index is 360. The molecule has 0 amide bonds. The van der Waals surface area contributed by atoms with Crippen LogP contribution in [0, 0.1) is 0 Å². The van der Waals surface area contributed by atoms with Crippen LogP contribution in [0.15, 0.2) is 4.99 Å². The first-order valence-electron chi connectivity index (χ1n) is 9.11. The molecule has 23 heavy (non-hydrogen) atoms. The molecule has 2 fully saturated rings. The minimum Gasteiger partial charge on any atom is -0.373 e. The highest BCUT2D eigenvalue weighted by atomic mass is 16.5. The molecule has 6 nitrogen and oxygen atoms in total. The minimum atomic E-state index is -0.0287. The van der Waals surface area contributed by atoms with Gasteiger partial charge in [0.05, 0.1) is 5.60 Å². The molecule has 0 saturated carbocycles. The largest absolute Gasteiger partial charge is 0.373 e. The van der Waals surface area contributed by atoms with Crippen molar-refractivity contribution in [2.75, 3.05) is 66.5 Å². The van der Waals surface area contributed by atoms with Gasteiger partial charge in [0.1, 0.15) is 0 Å². The molecule has 1 unspecified atom stereocenters. The SMILES string of the molecule is CN=C(NCCCCN1CCN(C)CC1)NCC1(C)CCCO1. The lowest BCUT2D eigenvalue weighted by Crippen LogP contribution is -2.46. The van der Waals surface area contributed by atoms with E-state index in [-0.39, 0.29) is 5.60 Å². The summed E-state index contributed by atoms with van der Waals surface area (Å²) in [5.74, 6) is 0.890. The monoisotopic (exact) mass is 325 g/mol. The average Bonchev–Trinajstić information content (AvgIpc) is 2.99. The molecule has 0 spiro atoms. The molecule has 2 aliphatic rings. The van der Waals surface area contributed by atoms with Crippen molar-refractivity contribution in [3.8, 4) is 0 Å². The van der Waals surface area contributed by atoms with Crippen LogP contribution in [-0.4, -0.2) is 87.9 Å². The van der Waals surface area contributed by atoms with Gasteiger partial charge >= 0.3 is 0 Å². The number of nitrogens with one attached hydrogen (secondary N) is 2. The van der Waals surface area contributed by atoms with Gasteiger partial charge in [-0.2, -0.15) is 0 Å². The molecule has 134 valence electrons. The Morgan fingerprint density at radius 1 is 1.17 bits per heavy atom. The van der Waals surface area contributed by atoms with Crippen LogP contribution in [0.25, 0.3) is 0 Å². The summed E-state index contributed by atoms with van der Waals surface area (Å²) in [5, 5.41) is 6.81. The number of rotatable bonds is 7. The second-order valence-corrected chi connectivity index (χ2v) is 7.11. The van der Waals surface area contributed by atoms with Crippen LogP contribution in [0.4, 0.5) is 0 Å². The molecule has 2 heterocycles. The predicted octanol–water partition coefficient (Wildman–Crippen LogP) is 0.748. The van der Waals surface area contributed by atoms with Gasteiger partial charge in [0.25, 0.3) is 0 Å². The Kier molecular flexibility index (Phi) is 7.59. The first-order chi connectivity index (χ1) is 11.1. The Balaban J connectivity index is 1.52. The molecule has 0 aromatic heterocycles.